The fourth-order valence-electron chi connectivity index (χ4n) is 0.274. The highest BCUT2D eigenvalue weighted by Crippen LogP contribution is 1.84. The highest BCUT2D eigenvalue weighted by atomic mass is 16.6. The first kappa shape index (κ1) is 8.43. The average Bonchev–Trinajstić information content (AvgIpc) is 1.63. The van der Waals surface area contributed by atoms with Crippen molar-refractivity contribution in [3.05, 3.63) is 0 Å². The van der Waals surface area contributed by atoms with Crippen molar-refractivity contribution in [3.63, 3.8) is 0 Å². The summed E-state index contributed by atoms with van der Waals surface area (Å²) >= 11 is 0. The normalized spacial score (nSPS) is 12.4. The van der Waals surface area contributed by atoms with Crippen LogP contribution in [0, 0.1) is 0 Å². The first-order valence-corrected chi connectivity index (χ1v) is 2.94. The molecule has 0 aromatic carbocycles. The Kier molecular flexibility index (Phi) is 4.05. The van der Waals surface area contributed by atoms with Crippen molar-refractivity contribution < 1.29 is 9.94 Å². The van der Waals surface area contributed by atoms with E-state index in [9.17, 15) is 0 Å². The number of rotatable bonds is 3. The maximum Gasteiger partial charge on any atom is 0.142 e. The summed E-state index contributed by atoms with van der Waals surface area (Å²) < 4.78 is 0. The van der Waals surface area contributed by atoms with Crippen LogP contribution >= 0.6 is 0 Å². The second-order valence-electron chi connectivity index (χ2n) is 2.18. The summed E-state index contributed by atoms with van der Waals surface area (Å²) in [7, 11) is 0. The van der Waals surface area contributed by atoms with Crippen LogP contribution in [0.25, 0.3) is 0 Å². The molecule has 0 aliphatic carbocycles. The van der Waals surface area contributed by atoms with Crippen LogP contribution in [0.1, 0.15) is 20.8 Å². The van der Waals surface area contributed by atoms with Gasteiger partial charge < -0.3 is 9.94 Å². The van der Waals surface area contributed by atoms with Gasteiger partial charge in [-0.1, -0.05) is 5.16 Å². The van der Waals surface area contributed by atoms with Crippen molar-refractivity contribution >= 4 is 5.71 Å². The number of oxime groups is 1. The van der Waals surface area contributed by atoms with E-state index in [-0.39, 0.29) is 6.61 Å². The second kappa shape index (κ2) is 4.32. The van der Waals surface area contributed by atoms with Gasteiger partial charge in [-0.25, -0.2) is 0 Å². The molecule has 0 aromatic rings. The van der Waals surface area contributed by atoms with Crippen molar-refractivity contribution in [2.45, 2.75) is 26.9 Å². The van der Waals surface area contributed by atoms with E-state index in [1.165, 1.54) is 0 Å². The van der Waals surface area contributed by atoms with Crippen molar-refractivity contribution in [2.75, 3.05) is 6.61 Å². The predicted octanol–water partition coefficient (Wildman–Crippen LogP) is 0.780. The van der Waals surface area contributed by atoms with Crippen LogP contribution < -0.4 is 0 Å². The molecule has 0 aliphatic rings. The molecule has 0 bridgehead atoms. The molecule has 0 radical (unpaired) electrons. The van der Waals surface area contributed by atoms with E-state index in [0.29, 0.717) is 0 Å². The second-order valence-corrected chi connectivity index (χ2v) is 2.18. The fraction of sp³-hybridized carbons (Fsp3) is 0.833. The van der Waals surface area contributed by atoms with Gasteiger partial charge in [-0.05, 0) is 20.8 Å². The van der Waals surface area contributed by atoms with Crippen LogP contribution in [0.4, 0.5) is 0 Å². The van der Waals surface area contributed by atoms with Crippen LogP contribution in [0.2, 0.25) is 0 Å². The van der Waals surface area contributed by atoms with Crippen molar-refractivity contribution in [2.24, 2.45) is 5.16 Å². The van der Waals surface area contributed by atoms with Gasteiger partial charge in [0.05, 0.1) is 11.8 Å². The molecular weight excluding hydrogens is 118 g/mol. The van der Waals surface area contributed by atoms with E-state index in [1.54, 1.807) is 6.92 Å². The summed E-state index contributed by atoms with van der Waals surface area (Å²) in [4.78, 5) is 4.69. The van der Waals surface area contributed by atoms with E-state index >= 15 is 0 Å². The molecule has 1 atom stereocenters. The van der Waals surface area contributed by atoms with E-state index in [0.717, 1.165) is 5.71 Å². The van der Waals surface area contributed by atoms with Gasteiger partial charge in [-0.15, -0.1) is 0 Å². The Morgan fingerprint density at radius 1 is 1.67 bits per heavy atom. The quantitative estimate of drug-likeness (QED) is 0.454. The van der Waals surface area contributed by atoms with Gasteiger partial charge in [0.1, 0.15) is 6.61 Å². The summed E-state index contributed by atoms with van der Waals surface area (Å²) in [6.07, 6.45) is -0.437. The predicted molar refractivity (Wildman–Crippen MR) is 36.4 cm³/mol. The topological polar surface area (TPSA) is 41.8 Å². The number of aliphatic hydroxyl groups excluding tert-OH is 1. The molecule has 3 heteroatoms. The van der Waals surface area contributed by atoms with Crippen molar-refractivity contribution in [1.29, 1.82) is 0 Å². The molecule has 0 saturated heterocycles. The summed E-state index contributed by atoms with van der Waals surface area (Å²) in [5.74, 6) is 0. The van der Waals surface area contributed by atoms with Crippen LogP contribution in [-0.2, 0) is 4.84 Å². The average molecular weight is 131 g/mol. The number of nitrogens with zero attached hydrogens (tertiary/aromatic N) is 1. The molecule has 0 aliphatic heterocycles. The Balaban J connectivity index is 3.20. The van der Waals surface area contributed by atoms with Gasteiger partial charge in [0.25, 0.3) is 0 Å². The molecule has 0 saturated carbocycles. The Morgan fingerprint density at radius 2 is 2.22 bits per heavy atom. The third-order valence-electron chi connectivity index (χ3n) is 0.563. The minimum Gasteiger partial charge on any atom is -0.393 e. The molecule has 0 rings (SSSR count). The molecular formula is C6H13NO2. The molecule has 1 unspecified atom stereocenters. The van der Waals surface area contributed by atoms with E-state index in [1.807, 2.05) is 13.8 Å². The highest BCUT2D eigenvalue weighted by molar-refractivity contribution is 5.78. The van der Waals surface area contributed by atoms with Gasteiger partial charge in [-0.2, -0.15) is 0 Å². The standard InChI is InChI=1S/C6H13NO2/c1-5(2)7-9-4-6(3)8/h6,8H,4H2,1-3H3. The van der Waals surface area contributed by atoms with E-state index in [2.05, 4.69) is 5.16 Å². The number of hydrogen-bond acceptors (Lipinski definition) is 3. The molecule has 0 aromatic heterocycles. The minimum absolute atomic E-state index is 0.269. The van der Waals surface area contributed by atoms with Gasteiger partial charge >= 0.3 is 0 Å². The number of hydrogen-bond donors (Lipinski definition) is 1. The minimum atomic E-state index is -0.437. The van der Waals surface area contributed by atoms with Crippen LogP contribution in [0.15, 0.2) is 5.16 Å². The van der Waals surface area contributed by atoms with E-state index in [4.69, 9.17) is 9.94 Å². The Labute approximate surface area is 55.3 Å². The third kappa shape index (κ3) is 7.43. The SMILES string of the molecule is CC(C)=NOCC(C)O. The molecule has 9 heavy (non-hydrogen) atoms. The van der Waals surface area contributed by atoms with Gasteiger partial charge in [0.15, 0.2) is 0 Å². The van der Waals surface area contributed by atoms with Gasteiger partial charge in [0.2, 0.25) is 0 Å². The molecule has 0 amide bonds. The van der Waals surface area contributed by atoms with Crippen molar-refractivity contribution in [1.82, 2.24) is 0 Å². The molecule has 0 fully saturated rings. The molecule has 0 spiro atoms. The lowest BCUT2D eigenvalue weighted by atomic mass is 10.5. The monoisotopic (exact) mass is 131 g/mol. The fourth-order valence-corrected chi connectivity index (χ4v) is 0.274. The highest BCUT2D eigenvalue weighted by Gasteiger charge is 1.92. The van der Waals surface area contributed by atoms with Gasteiger partial charge in [-0.3, -0.25) is 0 Å². The molecule has 3 nitrogen and oxygen atoms in total. The van der Waals surface area contributed by atoms with Crippen molar-refractivity contribution in [3.8, 4) is 0 Å². The summed E-state index contributed by atoms with van der Waals surface area (Å²) in [5.41, 5.74) is 0.857. The maximum absolute atomic E-state index is 8.67. The Hall–Kier alpha value is -0.570. The number of aliphatic hydroxyl groups is 1. The molecule has 1 N–H and O–H groups in total. The summed E-state index contributed by atoms with van der Waals surface area (Å²) in [6, 6.07) is 0. The summed E-state index contributed by atoms with van der Waals surface area (Å²) in [5, 5.41) is 12.3. The lowest BCUT2D eigenvalue weighted by Crippen LogP contribution is -2.07. The first-order valence-electron chi connectivity index (χ1n) is 2.94. The lowest BCUT2D eigenvalue weighted by molar-refractivity contribution is 0.0499. The summed E-state index contributed by atoms with van der Waals surface area (Å²) in [6.45, 7) is 5.59. The van der Waals surface area contributed by atoms with Gasteiger partial charge in [0, 0.05) is 0 Å². The van der Waals surface area contributed by atoms with E-state index < -0.39 is 6.10 Å². The Morgan fingerprint density at radius 3 is 2.56 bits per heavy atom. The van der Waals surface area contributed by atoms with Crippen LogP contribution in [-0.4, -0.2) is 23.5 Å². The third-order valence-corrected chi connectivity index (χ3v) is 0.563. The zero-order valence-corrected chi connectivity index (χ0v) is 6.09. The maximum atomic E-state index is 8.67. The zero-order valence-electron chi connectivity index (χ0n) is 6.09. The van der Waals surface area contributed by atoms with Crippen LogP contribution in [0.5, 0.6) is 0 Å². The largest absolute Gasteiger partial charge is 0.393 e. The lowest BCUT2D eigenvalue weighted by Gasteiger charge is -2.00. The molecule has 0 heterocycles. The Bertz CT molecular complexity index is 95.2. The smallest absolute Gasteiger partial charge is 0.142 e. The molecule has 54 valence electrons. The zero-order chi connectivity index (χ0) is 7.28. The first-order chi connectivity index (χ1) is 4.13. The van der Waals surface area contributed by atoms with Crippen LogP contribution in [0.3, 0.4) is 0 Å².